The average molecular weight is 322 g/mol. The molecule has 2 aromatic rings. The quantitative estimate of drug-likeness (QED) is 0.871. The van der Waals surface area contributed by atoms with Crippen molar-refractivity contribution in [3.05, 3.63) is 55.7 Å². The predicted octanol–water partition coefficient (Wildman–Crippen LogP) is 4.60. The van der Waals surface area contributed by atoms with Gasteiger partial charge in [0.15, 0.2) is 0 Å². The minimum Gasteiger partial charge on any atom is -0.306 e. The molecule has 1 atom stereocenters. The third-order valence-electron chi connectivity index (χ3n) is 3.71. The fourth-order valence-corrected chi connectivity index (χ4v) is 4.06. The predicted molar refractivity (Wildman–Crippen MR) is 81.1 cm³/mol. The van der Waals surface area contributed by atoms with Crippen LogP contribution in [0.25, 0.3) is 0 Å². The second-order valence-electron chi connectivity index (χ2n) is 4.86. The summed E-state index contributed by atoms with van der Waals surface area (Å²) in [7, 11) is 0. The van der Waals surface area contributed by atoms with Crippen LogP contribution < -0.4 is 5.32 Å². The van der Waals surface area contributed by atoms with Gasteiger partial charge in [0.1, 0.15) is 0 Å². The molecule has 0 saturated carbocycles. The maximum Gasteiger partial charge on any atom is 0.0329 e. The average Bonchev–Trinajstić information content (AvgIpc) is 2.94. The molecular weight excluding hydrogens is 306 g/mol. The Hall–Kier alpha value is -0.640. The molecule has 94 valence electrons. The first-order valence-corrected chi connectivity index (χ1v) is 8.01. The Labute approximate surface area is 120 Å². The summed E-state index contributed by atoms with van der Waals surface area (Å²) in [5.41, 5.74) is 5.79. The van der Waals surface area contributed by atoms with Crippen molar-refractivity contribution < 1.29 is 0 Å². The number of aryl methyl sites for hydroxylation is 1. The minimum atomic E-state index is 0.511. The van der Waals surface area contributed by atoms with Crippen molar-refractivity contribution >= 4 is 27.3 Å². The van der Waals surface area contributed by atoms with Gasteiger partial charge in [-0.15, -0.1) is 0 Å². The van der Waals surface area contributed by atoms with Gasteiger partial charge in [0.25, 0.3) is 0 Å². The molecule has 1 aliphatic rings. The number of benzene rings is 1. The first-order valence-electron chi connectivity index (χ1n) is 6.28. The number of fused-ring (bicyclic) bond motifs is 1. The number of thiophene rings is 1. The van der Waals surface area contributed by atoms with Crippen molar-refractivity contribution in [3.63, 3.8) is 0 Å². The van der Waals surface area contributed by atoms with E-state index in [1.165, 1.54) is 39.6 Å². The normalized spacial score (nSPS) is 18.0. The van der Waals surface area contributed by atoms with Crippen LogP contribution in [0.1, 0.15) is 34.7 Å². The molecule has 1 N–H and O–H groups in total. The smallest absolute Gasteiger partial charge is 0.0329 e. The molecule has 1 unspecified atom stereocenters. The van der Waals surface area contributed by atoms with Gasteiger partial charge in [-0.3, -0.25) is 0 Å². The van der Waals surface area contributed by atoms with Gasteiger partial charge < -0.3 is 5.32 Å². The van der Waals surface area contributed by atoms with Crippen molar-refractivity contribution in [2.75, 3.05) is 0 Å². The molecule has 1 aliphatic carbocycles. The van der Waals surface area contributed by atoms with Gasteiger partial charge in [0.2, 0.25) is 0 Å². The van der Waals surface area contributed by atoms with Crippen LogP contribution in [0.2, 0.25) is 0 Å². The van der Waals surface area contributed by atoms with E-state index in [-0.39, 0.29) is 0 Å². The Kier molecular flexibility index (Phi) is 3.55. The second-order valence-corrected chi connectivity index (χ2v) is 6.46. The Balaban J connectivity index is 1.74. The van der Waals surface area contributed by atoms with E-state index < -0.39 is 0 Å². The maximum absolute atomic E-state index is 3.69. The third-order valence-corrected chi connectivity index (χ3v) is 5.37. The molecule has 0 saturated heterocycles. The fourth-order valence-electron chi connectivity index (χ4n) is 2.62. The molecule has 1 aromatic heterocycles. The monoisotopic (exact) mass is 321 g/mol. The molecule has 1 heterocycles. The summed E-state index contributed by atoms with van der Waals surface area (Å²) in [6, 6.07) is 7.05. The van der Waals surface area contributed by atoms with Crippen LogP contribution >= 0.6 is 27.3 Å². The molecular formula is C15H16BrNS. The van der Waals surface area contributed by atoms with Crippen molar-refractivity contribution in [1.82, 2.24) is 5.32 Å². The van der Waals surface area contributed by atoms with Crippen LogP contribution in [0.3, 0.4) is 0 Å². The molecule has 1 aromatic carbocycles. The summed E-state index contributed by atoms with van der Waals surface area (Å²) in [5, 5.41) is 8.16. The minimum absolute atomic E-state index is 0.511. The van der Waals surface area contributed by atoms with E-state index in [4.69, 9.17) is 0 Å². The lowest BCUT2D eigenvalue weighted by atomic mass is 10.1. The van der Waals surface area contributed by atoms with Gasteiger partial charge in [-0.05, 0) is 58.8 Å². The molecule has 0 spiro atoms. The molecule has 1 nitrogen and oxygen atoms in total. The van der Waals surface area contributed by atoms with E-state index in [1.54, 1.807) is 11.3 Å². The topological polar surface area (TPSA) is 12.0 Å². The molecule has 18 heavy (non-hydrogen) atoms. The summed E-state index contributed by atoms with van der Waals surface area (Å²) in [5.74, 6) is 0. The number of hydrogen-bond acceptors (Lipinski definition) is 2. The van der Waals surface area contributed by atoms with Gasteiger partial charge in [-0.25, -0.2) is 0 Å². The highest BCUT2D eigenvalue weighted by Gasteiger charge is 2.23. The summed E-state index contributed by atoms with van der Waals surface area (Å²) < 4.78 is 1.26. The molecule has 3 heteroatoms. The summed E-state index contributed by atoms with van der Waals surface area (Å²) >= 11 is 5.44. The number of rotatable bonds is 3. The standard InChI is InChI=1S/C15H16BrNS/c1-10-8-18-9-11(10)7-17-15-6-5-12-13(15)3-2-4-14(12)16/h2-4,8-9,15,17H,5-7H2,1H3. The first kappa shape index (κ1) is 12.4. The van der Waals surface area contributed by atoms with Crippen LogP contribution in [-0.2, 0) is 13.0 Å². The van der Waals surface area contributed by atoms with Crippen LogP contribution in [0, 0.1) is 6.92 Å². The van der Waals surface area contributed by atoms with Gasteiger partial charge in [-0.2, -0.15) is 11.3 Å². The number of nitrogens with one attached hydrogen (secondary N) is 1. The molecule has 0 amide bonds. The van der Waals surface area contributed by atoms with E-state index in [2.05, 4.69) is 57.1 Å². The van der Waals surface area contributed by atoms with Gasteiger partial charge in [0.05, 0.1) is 0 Å². The van der Waals surface area contributed by atoms with Gasteiger partial charge >= 0.3 is 0 Å². The van der Waals surface area contributed by atoms with E-state index >= 15 is 0 Å². The summed E-state index contributed by atoms with van der Waals surface area (Å²) in [4.78, 5) is 0. The van der Waals surface area contributed by atoms with Crippen molar-refractivity contribution in [2.24, 2.45) is 0 Å². The lowest BCUT2D eigenvalue weighted by molar-refractivity contribution is 0.530. The zero-order valence-corrected chi connectivity index (χ0v) is 12.8. The Morgan fingerprint density at radius 1 is 1.39 bits per heavy atom. The van der Waals surface area contributed by atoms with Crippen molar-refractivity contribution in [2.45, 2.75) is 32.4 Å². The van der Waals surface area contributed by atoms with Crippen molar-refractivity contribution in [3.8, 4) is 0 Å². The van der Waals surface area contributed by atoms with Crippen molar-refractivity contribution in [1.29, 1.82) is 0 Å². The Morgan fingerprint density at radius 3 is 3.06 bits per heavy atom. The summed E-state index contributed by atoms with van der Waals surface area (Å²) in [6.07, 6.45) is 2.39. The van der Waals surface area contributed by atoms with Gasteiger partial charge in [0, 0.05) is 17.1 Å². The second kappa shape index (κ2) is 5.16. The van der Waals surface area contributed by atoms with E-state index in [0.29, 0.717) is 6.04 Å². The highest BCUT2D eigenvalue weighted by molar-refractivity contribution is 9.10. The van der Waals surface area contributed by atoms with E-state index in [0.717, 1.165) is 6.54 Å². The molecule has 0 bridgehead atoms. The Morgan fingerprint density at radius 2 is 2.28 bits per heavy atom. The lowest BCUT2D eigenvalue weighted by Gasteiger charge is -2.14. The maximum atomic E-state index is 3.69. The number of halogens is 1. The molecule has 0 aliphatic heterocycles. The summed E-state index contributed by atoms with van der Waals surface area (Å²) in [6.45, 7) is 3.17. The van der Waals surface area contributed by atoms with Crippen LogP contribution in [0.15, 0.2) is 33.4 Å². The molecule has 0 fully saturated rings. The Bertz CT molecular complexity index is 561. The van der Waals surface area contributed by atoms with Crippen LogP contribution in [0.4, 0.5) is 0 Å². The fraction of sp³-hybridized carbons (Fsp3) is 0.333. The molecule has 0 radical (unpaired) electrons. The van der Waals surface area contributed by atoms with Crippen LogP contribution in [0.5, 0.6) is 0 Å². The SMILES string of the molecule is Cc1cscc1CNC1CCc2c(Br)cccc21. The highest BCUT2D eigenvalue weighted by Crippen LogP contribution is 2.35. The number of hydrogen-bond donors (Lipinski definition) is 1. The molecule has 3 rings (SSSR count). The lowest BCUT2D eigenvalue weighted by Crippen LogP contribution is -2.18. The first-order chi connectivity index (χ1) is 8.75. The van der Waals surface area contributed by atoms with E-state index in [1.807, 2.05) is 0 Å². The van der Waals surface area contributed by atoms with Gasteiger partial charge in [-0.1, -0.05) is 28.1 Å². The zero-order chi connectivity index (χ0) is 12.5. The van der Waals surface area contributed by atoms with Crippen LogP contribution in [-0.4, -0.2) is 0 Å². The third kappa shape index (κ3) is 2.27. The van der Waals surface area contributed by atoms with E-state index in [9.17, 15) is 0 Å². The zero-order valence-electron chi connectivity index (χ0n) is 10.4. The highest BCUT2D eigenvalue weighted by atomic mass is 79.9. The largest absolute Gasteiger partial charge is 0.306 e.